The third kappa shape index (κ3) is 3.60. The van der Waals surface area contributed by atoms with Crippen LogP contribution in [0.3, 0.4) is 0 Å². The molecule has 1 N–H and O–H groups in total. The highest BCUT2D eigenvalue weighted by atomic mass is 35.5. The van der Waals surface area contributed by atoms with Crippen LogP contribution in [-0.4, -0.2) is 21.5 Å². The van der Waals surface area contributed by atoms with Gasteiger partial charge in [-0.25, -0.2) is 0 Å². The van der Waals surface area contributed by atoms with E-state index in [1.807, 2.05) is 0 Å². The van der Waals surface area contributed by atoms with Gasteiger partial charge in [-0.2, -0.15) is 0 Å². The number of alkyl halides is 2. The first-order chi connectivity index (χ1) is 14.0. The molecule has 0 aromatic heterocycles. The topological polar surface area (TPSA) is 20.2 Å². The molecule has 0 saturated heterocycles. The van der Waals surface area contributed by atoms with Crippen LogP contribution in [0.2, 0.25) is 0 Å². The highest BCUT2D eigenvalue weighted by Gasteiger charge is 2.67. The number of fused-ring (bicyclic) bond motifs is 5. The van der Waals surface area contributed by atoms with Gasteiger partial charge < -0.3 is 5.11 Å². The Kier molecular flexibility index (Phi) is 6.63. The minimum absolute atomic E-state index is 0.00904. The van der Waals surface area contributed by atoms with Crippen molar-refractivity contribution >= 4 is 23.2 Å². The summed E-state index contributed by atoms with van der Waals surface area (Å²) in [5.74, 6) is 4.79. The summed E-state index contributed by atoms with van der Waals surface area (Å²) in [5, 5.41) is 10.4. The zero-order valence-electron chi connectivity index (χ0n) is 20.1. The molecule has 1 nitrogen and oxygen atoms in total. The standard InChI is InChI=1S/C27H46Cl2O/c1-17(2)7-6-8-18(3)21-9-10-22-20-15-24(28)27(29)16-19(30)11-14-26(27,5)23(20)12-13-25(21,22)4/h17-24,30H,6-16H2,1-5H3/t18-,19+,20+,21-,22+,23+,24?,25-,26-,27?/m1/s1. The van der Waals surface area contributed by atoms with Gasteiger partial charge in [0.2, 0.25) is 0 Å². The second-order valence-corrected chi connectivity index (χ2v) is 14.0. The molecule has 0 radical (unpaired) electrons. The smallest absolute Gasteiger partial charge is 0.0690 e. The predicted octanol–water partition coefficient (Wildman–Crippen LogP) is 8.05. The summed E-state index contributed by atoms with van der Waals surface area (Å²) in [6, 6.07) is 0. The van der Waals surface area contributed by atoms with Crippen LogP contribution in [-0.2, 0) is 0 Å². The van der Waals surface area contributed by atoms with Crippen LogP contribution in [0.4, 0.5) is 0 Å². The summed E-state index contributed by atoms with van der Waals surface area (Å²) in [4.78, 5) is -0.427. The van der Waals surface area contributed by atoms with Crippen molar-refractivity contribution in [2.45, 2.75) is 122 Å². The highest BCUT2D eigenvalue weighted by Crippen LogP contribution is 2.71. The molecule has 3 heteroatoms. The van der Waals surface area contributed by atoms with Crippen molar-refractivity contribution < 1.29 is 5.11 Å². The third-order valence-electron chi connectivity index (χ3n) is 10.9. The average Bonchev–Trinajstić information content (AvgIpc) is 3.01. The summed E-state index contributed by atoms with van der Waals surface area (Å²) in [6.07, 6.45) is 13.1. The Balaban J connectivity index is 1.53. The fourth-order valence-electron chi connectivity index (χ4n) is 9.19. The molecule has 0 aromatic carbocycles. The summed E-state index contributed by atoms with van der Waals surface area (Å²) < 4.78 is 0. The molecule has 4 aliphatic rings. The van der Waals surface area contributed by atoms with E-state index in [0.717, 1.165) is 48.9 Å². The highest BCUT2D eigenvalue weighted by molar-refractivity contribution is 6.33. The first-order valence-electron chi connectivity index (χ1n) is 13.0. The maximum Gasteiger partial charge on any atom is 0.0690 e. The average molecular weight is 458 g/mol. The molecule has 0 aliphatic heterocycles. The van der Waals surface area contributed by atoms with Gasteiger partial charge in [-0.15, -0.1) is 23.2 Å². The Morgan fingerprint density at radius 2 is 1.70 bits per heavy atom. The lowest BCUT2D eigenvalue weighted by atomic mass is 9.44. The Morgan fingerprint density at radius 1 is 0.967 bits per heavy atom. The number of aliphatic hydroxyl groups excluding tert-OH is 1. The predicted molar refractivity (Wildman–Crippen MR) is 129 cm³/mol. The molecule has 0 spiro atoms. The van der Waals surface area contributed by atoms with E-state index in [2.05, 4.69) is 34.6 Å². The van der Waals surface area contributed by atoms with Crippen LogP contribution in [0.5, 0.6) is 0 Å². The molecule has 4 aliphatic carbocycles. The monoisotopic (exact) mass is 456 g/mol. The SMILES string of the molecule is CC(C)CCC[C@@H](C)[C@H]1CC[C@H]2[C@@H]3CC(Cl)C4(Cl)C[C@@H](O)CC[C@]4(C)[C@H]3CC[C@]12C. The van der Waals surface area contributed by atoms with E-state index in [0.29, 0.717) is 17.8 Å². The van der Waals surface area contributed by atoms with Gasteiger partial charge in [0.1, 0.15) is 0 Å². The van der Waals surface area contributed by atoms with E-state index < -0.39 is 4.87 Å². The molecule has 30 heavy (non-hydrogen) atoms. The fourth-order valence-corrected chi connectivity index (χ4v) is 10.2. The van der Waals surface area contributed by atoms with Crippen LogP contribution in [0, 0.1) is 46.3 Å². The molecule has 4 rings (SSSR count). The van der Waals surface area contributed by atoms with Gasteiger partial charge in [0, 0.05) is 0 Å². The van der Waals surface area contributed by atoms with Gasteiger partial charge in [-0.1, -0.05) is 53.9 Å². The summed E-state index contributed by atoms with van der Waals surface area (Å²) >= 11 is 14.4. The van der Waals surface area contributed by atoms with Crippen molar-refractivity contribution in [2.75, 3.05) is 0 Å². The molecule has 0 amide bonds. The molecular weight excluding hydrogens is 411 g/mol. The van der Waals surface area contributed by atoms with E-state index in [9.17, 15) is 5.11 Å². The van der Waals surface area contributed by atoms with Gasteiger partial charge in [0.15, 0.2) is 0 Å². The second kappa shape index (κ2) is 8.39. The van der Waals surface area contributed by atoms with Crippen molar-refractivity contribution in [1.82, 2.24) is 0 Å². The van der Waals surface area contributed by atoms with Crippen molar-refractivity contribution in [3.05, 3.63) is 0 Å². The summed E-state index contributed by atoms with van der Waals surface area (Å²) in [6.45, 7) is 12.3. The van der Waals surface area contributed by atoms with E-state index >= 15 is 0 Å². The van der Waals surface area contributed by atoms with Crippen LogP contribution >= 0.6 is 23.2 Å². The Labute approximate surface area is 196 Å². The Morgan fingerprint density at radius 3 is 2.40 bits per heavy atom. The van der Waals surface area contributed by atoms with Crippen molar-refractivity contribution in [3.8, 4) is 0 Å². The van der Waals surface area contributed by atoms with Gasteiger partial charge >= 0.3 is 0 Å². The minimum atomic E-state index is -0.427. The zero-order chi connectivity index (χ0) is 21.9. The maximum absolute atomic E-state index is 10.4. The molecule has 2 unspecified atom stereocenters. The molecule has 174 valence electrons. The van der Waals surface area contributed by atoms with Gasteiger partial charge in [-0.3, -0.25) is 0 Å². The van der Waals surface area contributed by atoms with E-state index in [1.165, 1.54) is 44.9 Å². The van der Waals surface area contributed by atoms with Crippen LogP contribution < -0.4 is 0 Å². The molecule has 4 saturated carbocycles. The first-order valence-corrected chi connectivity index (χ1v) is 13.9. The van der Waals surface area contributed by atoms with Crippen molar-refractivity contribution in [2.24, 2.45) is 46.3 Å². The normalized spacial score (nSPS) is 51.9. The number of rotatable bonds is 5. The lowest BCUT2D eigenvalue weighted by molar-refractivity contribution is -0.116. The largest absolute Gasteiger partial charge is 0.393 e. The second-order valence-electron chi connectivity index (χ2n) is 12.8. The van der Waals surface area contributed by atoms with E-state index in [-0.39, 0.29) is 16.9 Å². The molecule has 4 fully saturated rings. The summed E-state index contributed by atoms with van der Waals surface area (Å²) in [7, 11) is 0. The van der Waals surface area contributed by atoms with Crippen LogP contribution in [0.25, 0.3) is 0 Å². The molecular formula is C27H46Cl2O. The van der Waals surface area contributed by atoms with E-state index in [4.69, 9.17) is 23.2 Å². The van der Waals surface area contributed by atoms with Crippen LogP contribution in [0.1, 0.15) is 105 Å². The maximum atomic E-state index is 10.4. The molecule has 0 bridgehead atoms. The molecule has 0 heterocycles. The van der Waals surface area contributed by atoms with E-state index in [1.54, 1.807) is 0 Å². The van der Waals surface area contributed by atoms with Gasteiger partial charge in [-0.05, 0) is 97.7 Å². The van der Waals surface area contributed by atoms with Gasteiger partial charge in [0.25, 0.3) is 0 Å². The molecule has 10 atom stereocenters. The quantitative estimate of drug-likeness (QED) is 0.414. The first kappa shape index (κ1) is 23.7. The van der Waals surface area contributed by atoms with Crippen molar-refractivity contribution in [1.29, 1.82) is 0 Å². The molecule has 0 aromatic rings. The fraction of sp³-hybridized carbons (Fsp3) is 1.00. The summed E-state index contributed by atoms with van der Waals surface area (Å²) in [5.41, 5.74) is 0.567. The number of hydrogen-bond donors (Lipinski definition) is 1. The Hall–Kier alpha value is 0.540. The minimum Gasteiger partial charge on any atom is -0.393 e. The lowest BCUT2D eigenvalue weighted by Gasteiger charge is -2.65. The van der Waals surface area contributed by atoms with Crippen LogP contribution in [0.15, 0.2) is 0 Å². The number of halogens is 2. The Bertz CT molecular complexity index is 622. The lowest BCUT2D eigenvalue weighted by Crippen LogP contribution is -2.64. The van der Waals surface area contributed by atoms with Crippen molar-refractivity contribution in [3.63, 3.8) is 0 Å². The zero-order valence-corrected chi connectivity index (χ0v) is 21.6. The number of hydrogen-bond acceptors (Lipinski definition) is 1. The number of aliphatic hydroxyl groups is 1. The third-order valence-corrected chi connectivity index (χ3v) is 12.4. The van der Waals surface area contributed by atoms with Gasteiger partial charge in [0.05, 0.1) is 16.4 Å².